The Morgan fingerprint density at radius 2 is 1.91 bits per heavy atom. The Morgan fingerprint density at radius 3 is 2.48 bits per heavy atom. The third kappa shape index (κ3) is 5.07. The van der Waals surface area contributed by atoms with Crippen LogP contribution in [-0.2, 0) is 9.59 Å². The number of carbonyl (C=O) groups excluding carboxylic acids is 1. The van der Waals surface area contributed by atoms with Gasteiger partial charge in [-0.15, -0.1) is 0 Å². The maximum absolute atomic E-state index is 11.1. The summed E-state index contributed by atoms with van der Waals surface area (Å²) in [6, 6.07) is 11.2. The molecule has 0 saturated heterocycles. The number of carboxylic acid groups (broad SMARTS) is 1. The van der Waals surface area contributed by atoms with E-state index in [9.17, 15) is 9.59 Å². The van der Waals surface area contributed by atoms with E-state index in [4.69, 9.17) is 5.11 Å². The van der Waals surface area contributed by atoms with Gasteiger partial charge in [-0.2, -0.15) is 0 Å². The van der Waals surface area contributed by atoms with E-state index in [1.165, 1.54) is 6.92 Å². The van der Waals surface area contributed by atoms with Gasteiger partial charge >= 0.3 is 5.97 Å². The summed E-state index contributed by atoms with van der Waals surface area (Å²) in [5.41, 5.74) is 3.51. The molecule has 2 rings (SSSR count). The molecule has 0 spiro atoms. The zero-order valence-corrected chi connectivity index (χ0v) is 12.8. The van der Waals surface area contributed by atoms with Crippen molar-refractivity contribution in [2.75, 3.05) is 5.32 Å². The van der Waals surface area contributed by atoms with Crippen LogP contribution in [0.3, 0.4) is 0 Å². The van der Waals surface area contributed by atoms with Gasteiger partial charge in [-0.3, -0.25) is 14.6 Å². The molecule has 2 N–H and O–H groups in total. The molecule has 0 aliphatic rings. The molecule has 1 amide bonds. The summed E-state index contributed by atoms with van der Waals surface area (Å²) in [5, 5.41) is 11.5. The molecule has 5 nitrogen and oxygen atoms in total. The number of aromatic nitrogens is 1. The molecule has 23 heavy (non-hydrogen) atoms. The number of nitrogens with one attached hydrogen (secondary N) is 1. The van der Waals surface area contributed by atoms with Crippen molar-refractivity contribution < 1.29 is 14.7 Å². The molecule has 0 aliphatic carbocycles. The number of carboxylic acids is 1. The summed E-state index contributed by atoms with van der Waals surface area (Å²) in [4.78, 5) is 25.9. The van der Waals surface area contributed by atoms with Gasteiger partial charge in [0, 0.05) is 37.0 Å². The number of rotatable bonds is 6. The van der Waals surface area contributed by atoms with E-state index in [2.05, 4.69) is 10.3 Å². The van der Waals surface area contributed by atoms with Crippen LogP contribution >= 0.6 is 0 Å². The second-order valence-corrected chi connectivity index (χ2v) is 5.05. The lowest BCUT2D eigenvalue weighted by atomic mass is 9.97. The van der Waals surface area contributed by atoms with Crippen molar-refractivity contribution in [3.63, 3.8) is 0 Å². The highest BCUT2D eigenvalue weighted by Crippen LogP contribution is 2.25. The molecule has 0 fully saturated rings. The summed E-state index contributed by atoms with van der Waals surface area (Å²) < 4.78 is 0. The van der Waals surface area contributed by atoms with Crippen molar-refractivity contribution >= 4 is 23.1 Å². The maximum atomic E-state index is 11.1. The minimum Gasteiger partial charge on any atom is -0.481 e. The molecule has 0 saturated carbocycles. The summed E-state index contributed by atoms with van der Waals surface area (Å²) in [5.74, 6) is -0.949. The first-order valence-electron chi connectivity index (χ1n) is 7.26. The average molecular weight is 310 g/mol. The molecule has 0 aliphatic heterocycles. The smallest absolute Gasteiger partial charge is 0.303 e. The standard InChI is InChI=1S/C18H18N2O3/c1-13(21)20-16-9-7-14(8-10-16)17(5-2-6-18(22)23)15-4-3-11-19-12-15/h3-5,7-12H,2,6H2,1H3,(H,20,21)(H,22,23)/b17-5+. The SMILES string of the molecule is CC(=O)Nc1ccc(/C(=C\CCC(=O)O)c2cccnc2)cc1. The first-order valence-corrected chi connectivity index (χ1v) is 7.26. The Hall–Kier alpha value is -2.95. The van der Waals surface area contributed by atoms with Crippen molar-refractivity contribution in [1.29, 1.82) is 0 Å². The number of nitrogens with zero attached hydrogens (tertiary/aromatic N) is 1. The lowest BCUT2D eigenvalue weighted by Crippen LogP contribution is -2.05. The van der Waals surface area contributed by atoms with Crippen LogP contribution in [0.15, 0.2) is 54.9 Å². The Kier molecular flexibility index (Phi) is 5.63. The van der Waals surface area contributed by atoms with E-state index >= 15 is 0 Å². The third-order valence-electron chi connectivity index (χ3n) is 3.20. The summed E-state index contributed by atoms with van der Waals surface area (Å²) in [6.07, 6.45) is 5.85. The van der Waals surface area contributed by atoms with Gasteiger partial charge < -0.3 is 10.4 Å². The van der Waals surface area contributed by atoms with Gasteiger partial charge in [0.25, 0.3) is 0 Å². The highest BCUT2D eigenvalue weighted by Gasteiger charge is 2.06. The fourth-order valence-electron chi connectivity index (χ4n) is 2.20. The van der Waals surface area contributed by atoms with Gasteiger partial charge in [0.2, 0.25) is 5.91 Å². The van der Waals surface area contributed by atoms with Gasteiger partial charge in [-0.05, 0) is 35.8 Å². The van der Waals surface area contributed by atoms with Crippen molar-refractivity contribution in [3.05, 3.63) is 66.0 Å². The zero-order valence-electron chi connectivity index (χ0n) is 12.8. The van der Waals surface area contributed by atoms with E-state index < -0.39 is 5.97 Å². The number of allylic oxidation sites excluding steroid dienone is 1. The lowest BCUT2D eigenvalue weighted by Gasteiger charge is -2.10. The van der Waals surface area contributed by atoms with Crippen molar-refractivity contribution in [3.8, 4) is 0 Å². The third-order valence-corrected chi connectivity index (χ3v) is 3.20. The topological polar surface area (TPSA) is 79.3 Å². The lowest BCUT2D eigenvalue weighted by molar-refractivity contribution is -0.136. The number of anilines is 1. The van der Waals surface area contributed by atoms with Crippen LogP contribution in [0.1, 0.15) is 30.9 Å². The second kappa shape index (κ2) is 7.89. The molecule has 1 aromatic heterocycles. The first kappa shape index (κ1) is 16.4. The summed E-state index contributed by atoms with van der Waals surface area (Å²) >= 11 is 0. The van der Waals surface area contributed by atoms with Gasteiger partial charge in [-0.25, -0.2) is 0 Å². The minimum atomic E-state index is -0.826. The van der Waals surface area contributed by atoms with Gasteiger partial charge in [0.15, 0.2) is 0 Å². The Labute approximate surface area is 134 Å². The van der Waals surface area contributed by atoms with Crippen LogP contribution in [0.25, 0.3) is 5.57 Å². The van der Waals surface area contributed by atoms with Crippen LogP contribution in [0.2, 0.25) is 0 Å². The molecule has 0 unspecified atom stereocenters. The molecule has 1 aromatic carbocycles. The molecule has 1 heterocycles. The molecule has 2 aromatic rings. The molecule has 0 bridgehead atoms. The molecule has 0 atom stereocenters. The summed E-state index contributed by atoms with van der Waals surface area (Å²) in [6.45, 7) is 1.46. The van der Waals surface area contributed by atoms with Crippen molar-refractivity contribution in [2.24, 2.45) is 0 Å². The van der Waals surface area contributed by atoms with Crippen LogP contribution in [0, 0.1) is 0 Å². The normalized spacial score (nSPS) is 11.1. The van der Waals surface area contributed by atoms with Crippen molar-refractivity contribution in [2.45, 2.75) is 19.8 Å². The minimum absolute atomic E-state index is 0.0771. The highest BCUT2D eigenvalue weighted by molar-refractivity contribution is 5.89. The number of pyridine rings is 1. The van der Waals surface area contributed by atoms with E-state index in [0.29, 0.717) is 6.42 Å². The van der Waals surface area contributed by atoms with E-state index in [1.54, 1.807) is 12.4 Å². The largest absolute Gasteiger partial charge is 0.481 e. The molecule has 118 valence electrons. The number of hydrogen-bond donors (Lipinski definition) is 2. The van der Waals surface area contributed by atoms with Crippen LogP contribution in [0.5, 0.6) is 0 Å². The van der Waals surface area contributed by atoms with E-state index in [-0.39, 0.29) is 12.3 Å². The molecule has 0 radical (unpaired) electrons. The number of amides is 1. The van der Waals surface area contributed by atoms with E-state index in [0.717, 1.165) is 22.4 Å². The first-order chi connectivity index (χ1) is 11.1. The molecular weight excluding hydrogens is 292 g/mol. The predicted molar refractivity (Wildman–Crippen MR) is 88.9 cm³/mol. The predicted octanol–water partition coefficient (Wildman–Crippen LogP) is 3.34. The van der Waals surface area contributed by atoms with Gasteiger partial charge in [0.05, 0.1) is 0 Å². The number of hydrogen-bond acceptors (Lipinski definition) is 3. The van der Waals surface area contributed by atoms with Crippen LogP contribution < -0.4 is 5.32 Å². The summed E-state index contributed by atoms with van der Waals surface area (Å²) in [7, 11) is 0. The van der Waals surface area contributed by atoms with Crippen LogP contribution in [-0.4, -0.2) is 22.0 Å². The van der Waals surface area contributed by atoms with Crippen molar-refractivity contribution in [1.82, 2.24) is 4.98 Å². The Morgan fingerprint density at radius 1 is 1.17 bits per heavy atom. The molecule has 5 heteroatoms. The molecular formula is C18H18N2O3. The fourth-order valence-corrected chi connectivity index (χ4v) is 2.20. The zero-order chi connectivity index (χ0) is 16.7. The van der Waals surface area contributed by atoms with Gasteiger partial charge in [-0.1, -0.05) is 24.3 Å². The maximum Gasteiger partial charge on any atom is 0.303 e. The van der Waals surface area contributed by atoms with Gasteiger partial charge in [0.1, 0.15) is 0 Å². The number of aliphatic carboxylic acids is 1. The Bertz CT molecular complexity index is 707. The number of benzene rings is 1. The number of carbonyl (C=O) groups is 2. The highest BCUT2D eigenvalue weighted by atomic mass is 16.4. The fraction of sp³-hybridized carbons (Fsp3) is 0.167. The Balaban J connectivity index is 2.29. The van der Waals surface area contributed by atoms with E-state index in [1.807, 2.05) is 42.5 Å². The quantitative estimate of drug-likeness (QED) is 0.857. The average Bonchev–Trinajstić information content (AvgIpc) is 2.53. The second-order valence-electron chi connectivity index (χ2n) is 5.05. The van der Waals surface area contributed by atoms with Crippen LogP contribution in [0.4, 0.5) is 5.69 Å². The monoisotopic (exact) mass is 310 g/mol.